The van der Waals surface area contributed by atoms with E-state index in [0.717, 1.165) is 0 Å². The zero-order chi connectivity index (χ0) is 28.4. The van der Waals surface area contributed by atoms with Crippen molar-refractivity contribution in [2.45, 2.75) is 25.9 Å². The number of aliphatic hydroxyl groups excluding tert-OH is 1. The third-order valence-electron chi connectivity index (χ3n) is 7.07. The van der Waals surface area contributed by atoms with Crippen molar-refractivity contribution in [2.75, 3.05) is 38.6 Å². The van der Waals surface area contributed by atoms with E-state index in [1.165, 1.54) is 12.1 Å². The van der Waals surface area contributed by atoms with Crippen molar-refractivity contribution >= 4 is 39.4 Å². The molecule has 2 amide bonds. The highest BCUT2D eigenvalue weighted by Gasteiger charge is 2.22. The van der Waals surface area contributed by atoms with Gasteiger partial charge in [0.15, 0.2) is 0 Å². The number of hydrogen-bond acceptors (Lipinski definition) is 7. The summed E-state index contributed by atoms with van der Waals surface area (Å²) in [6, 6.07) is 9.06. The highest BCUT2D eigenvalue weighted by Crippen LogP contribution is 2.30. The average molecular weight is 551 g/mol. The van der Waals surface area contributed by atoms with Crippen LogP contribution in [0.1, 0.15) is 30.1 Å². The Hall–Kier alpha value is -4.29. The minimum absolute atomic E-state index is 0.00384. The second kappa shape index (κ2) is 11.4. The topological polar surface area (TPSA) is 166 Å². The smallest absolute Gasteiger partial charge is 0.261 e. The van der Waals surface area contributed by atoms with Gasteiger partial charge in [-0.25, -0.2) is 9.37 Å². The van der Waals surface area contributed by atoms with E-state index in [2.05, 4.69) is 20.3 Å². The maximum atomic E-state index is 14.4. The van der Waals surface area contributed by atoms with Gasteiger partial charge in [0.25, 0.3) is 11.5 Å². The molecule has 40 heavy (non-hydrogen) atoms. The number of aromatic amines is 2. The fourth-order valence-corrected chi connectivity index (χ4v) is 5.02. The van der Waals surface area contributed by atoms with Crippen LogP contribution in [-0.4, -0.2) is 75.7 Å². The summed E-state index contributed by atoms with van der Waals surface area (Å²) in [4.78, 5) is 49.8. The molecule has 0 bridgehead atoms. The molecule has 12 heteroatoms. The maximum Gasteiger partial charge on any atom is 0.261 e. The molecule has 4 aromatic rings. The zero-order valence-corrected chi connectivity index (χ0v) is 22.0. The number of amides is 2. The van der Waals surface area contributed by atoms with Gasteiger partial charge in [-0.3, -0.25) is 14.4 Å². The Morgan fingerprint density at radius 1 is 1.20 bits per heavy atom. The summed E-state index contributed by atoms with van der Waals surface area (Å²) in [6.07, 6.45) is -0.134. The number of aliphatic hydroxyl groups is 1. The van der Waals surface area contributed by atoms with Crippen LogP contribution in [0.15, 0.2) is 41.2 Å². The Kier molecular flexibility index (Phi) is 7.81. The van der Waals surface area contributed by atoms with Crippen molar-refractivity contribution in [3.8, 4) is 11.4 Å². The molecule has 1 fully saturated rings. The number of benzene rings is 2. The number of ether oxygens (including phenoxy) is 1. The number of nitrogens with two attached hydrogens (primary N) is 1. The van der Waals surface area contributed by atoms with Gasteiger partial charge >= 0.3 is 0 Å². The first kappa shape index (κ1) is 27.3. The van der Waals surface area contributed by atoms with Crippen LogP contribution in [0.25, 0.3) is 33.3 Å². The Labute approximate surface area is 228 Å². The Bertz CT molecular complexity index is 1630. The van der Waals surface area contributed by atoms with Crippen LogP contribution in [0.4, 0.5) is 10.1 Å². The van der Waals surface area contributed by atoms with Gasteiger partial charge in [-0.05, 0) is 42.7 Å². The first-order chi connectivity index (χ1) is 19.2. The summed E-state index contributed by atoms with van der Waals surface area (Å²) in [6.45, 7) is 4.16. The Morgan fingerprint density at radius 3 is 2.75 bits per heavy atom. The van der Waals surface area contributed by atoms with E-state index >= 15 is 0 Å². The average Bonchev–Trinajstić information content (AvgIpc) is 3.34. The number of rotatable bonds is 8. The lowest BCUT2D eigenvalue weighted by molar-refractivity contribution is -0.136. The van der Waals surface area contributed by atoms with Crippen molar-refractivity contribution in [2.24, 2.45) is 5.92 Å². The van der Waals surface area contributed by atoms with E-state index < -0.39 is 23.4 Å². The SMILES string of the molecule is C[C@@H](CC(=O)N1CCOCC1)C[C@H](O)CNC(=O)c1ccc2nc(-c3c(N)c4c(F)cccc4[nH]c3=O)[nH]c2c1. The monoisotopic (exact) mass is 550 g/mol. The lowest BCUT2D eigenvalue weighted by Crippen LogP contribution is -2.41. The number of nitrogens with one attached hydrogen (secondary N) is 3. The van der Waals surface area contributed by atoms with E-state index in [9.17, 15) is 23.9 Å². The quantitative estimate of drug-likeness (QED) is 0.224. The number of imidazole rings is 1. The third-order valence-corrected chi connectivity index (χ3v) is 7.07. The second-order valence-electron chi connectivity index (χ2n) is 10.1. The molecule has 1 aliphatic rings. The fourth-order valence-electron chi connectivity index (χ4n) is 5.02. The summed E-state index contributed by atoms with van der Waals surface area (Å²) in [5.74, 6) is -0.840. The molecule has 210 valence electrons. The Balaban J connectivity index is 1.24. The molecule has 5 rings (SSSR count). The van der Waals surface area contributed by atoms with E-state index in [0.29, 0.717) is 55.7 Å². The number of hydrogen-bond donors (Lipinski definition) is 5. The molecular weight excluding hydrogens is 519 g/mol. The minimum Gasteiger partial charge on any atom is -0.397 e. The summed E-state index contributed by atoms with van der Waals surface area (Å²) >= 11 is 0. The number of nitrogens with zero attached hydrogens (tertiary/aromatic N) is 2. The number of fused-ring (bicyclic) bond motifs is 2. The van der Waals surface area contributed by atoms with Crippen LogP contribution >= 0.6 is 0 Å². The molecule has 0 radical (unpaired) electrons. The summed E-state index contributed by atoms with van der Waals surface area (Å²) in [5, 5.41) is 13.2. The van der Waals surface area contributed by atoms with E-state index in [1.54, 1.807) is 29.2 Å². The number of aromatic nitrogens is 3. The highest BCUT2D eigenvalue weighted by atomic mass is 19.1. The van der Waals surface area contributed by atoms with Gasteiger partial charge in [-0.2, -0.15) is 0 Å². The fraction of sp³-hybridized carbons (Fsp3) is 0.357. The summed E-state index contributed by atoms with van der Waals surface area (Å²) < 4.78 is 19.7. The van der Waals surface area contributed by atoms with Crippen LogP contribution < -0.4 is 16.6 Å². The van der Waals surface area contributed by atoms with Crippen LogP contribution in [0.3, 0.4) is 0 Å². The first-order valence-corrected chi connectivity index (χ1v) is 13.1. The van der Waals surface area contributed by atoms with Crippen molar-refractivity contribution in [3.05, 3.63) is 58.1 Å². The number of nitrogen functional groups attached to an aromatic ring is 1. The van der Waals surface area contributed by atoms with Crippen molar-refractivity contribution in [3.63, 3.8) is 0 Å². The minimum atomic E-state index is -0.818. The van der Waals surface area contributed by atoms with Crippen LogP contribution in [0, 0.1) is 11.7 Å². The molecular formula is C28H31FN6O5. The molecule has 0 saturated carbocycles. The van der Waals surface area contributed by atoms with Gasteiger partial charge in [0, 0.05) is 31.6 Å². The highest BCUT2D eigenvalue weighted by molar-refractivity contribution is 6.00. The Morgan fingerprint density at radius 2 is 1.98 bits per heavy atom. The van der Waals surface area contributed by atoms with Crippen LogP contribution in [0.5, 0.6) is 0 Å². The number of morpholine rings is 1. The van der Waals surface area contributed by atoms with Crippen LogP contribution in [0.2, 0.25) is 0 Å². The van der Waals surface area contributed by atoms with E-state index in [1.807, 2.05) is 6.92 Å². The maximum absolute atomic E-state index is 14.4. The molecule has 3 heterocycles. The molecule has 2 atom stereocenters. The van der Waals surface area contributed by atoms with Gasteiger partial charge in [0.2, 0.25) is 5.91 Å². The van der Waals surface area contributed by atoms with Gasteiger partial charge in [0.1, 0.15) is 17.2 Å². The van der Waals surface area contributed by atoms with E-state index in [-0.39, 0.29) is 46.3 Å². The molecule has 2 aromatic carbocycles. The lowest BCUT2D eigenvalue weighted by atomic mass is 9.99. The third kappa shape index (κ3) is 5.68. The van der Waals surface area contributed by atoms with Crippen LogP contribution in [-0.2, 0) is 9.53 Å². The molecule has 0 aliphatic carbocycles. The summed E-state index contributed by atoms with van der Waals surface area (Å²) in [7, 11) is 0. The normalized spacial score (nSPS) is 15.3. The molecule has 2 aromatic heterocycles. The molecule has 11 nitrogen and oxygen atoms in total. The molecule has 0 spiro atoms. The predicted octanol–water partition coefficient (Wildman–Crippen LogP) is 2.16. The summed E-state index contributed by atoms with van der Waals surface area (Å²) in [5.41, 5.74) is 7.18. The van der Waals surface area contributed by atoms with Gasteiger partial charge in [-0.1, -0.05) is 13.0 Å². The van der Waals surface area contributed by atoms with Crippen molar-refractivity contribution in [1.29, 1.82) is 0 Å². The standard InChI is InChI=1S/C28H31FN6O5/c1-15(12-22(37)35-7-9-40-10-8-35)11-17(36)14-31-27(38)16-5-6-19-21(13-16)33-26(32-19)24-25(30)23-18(29)3-2-4-20(23)34-28(24)39/h2-6,13,15,17,36H,7-12,14H2,1H3,(H,31,38)(H,32,33)(H3,30,34,39)/t15-,17+/m1/s1. The molecule has 1 aliphatic heterocycles. The first-order valence-electron chi connectivity index (χ1n) is 13.1. The lowest BCUT2D eigenvalue weighted by Gasteiger charge is -2.28. The number of H-pyrrole nitrogens is 2. The molecule has 6 N–H and O–H groups in total. The van der Waals surface area contributed by atoms with Gasteiger partial charge in [0.05, 0.1) is 46.9 Å². The molecule has 1 saturated heterocycles. The largest absolute Gasteiger partial charge is 0.397 e. The van der Waals surface area contributed by atoms with Gasteiger partial charge in [-0.15, -0.1) is 0 Å². The number of carbonyl (C=O) groups excluding carboxylic acids is 2. The number of anilines is 1. The predicted molar refractivity (Wildman–Crippen MR) is 148 cm³/mol. The zero-order valence-electron chi connectivity index (χ0n) is 22.0. The van der Waals surface area contributed by atoms with Gasteiger partial charge < -0.3 is 35.8 Å². The number of carbonyl (C=O) groups is 2. The second-order valence-corrected chi connectivity index (χ2v) is 10.1. The number of halogens is 1. The van der Waals surface area contributed by atoms with E-state index in [4.69, 9.17) is 10.5 Å². The molecule has 0 unspecified atom stereocenters. The number of pyridine rings is 1. The van der Waals surface area contributed by atoms with Crippen molar-refractivity contribution in [1.82, 2.24) is 25.2 Å². The van der Waals surface area contributed by atoms with Crippen molar-refractivity contribution < 1.29 is 23.8 Å².